The van der Waals surface area contributed by atoms with E-state index < -0.39 is 5.97 Å². The van der Waals surface area contributed by atoms with Crippen LogP contribution in [0.3, 0.4) is 0 Å². The zero-order valence-corrected chi connectivity index (χ0v) is 12.9. The first kappa shape index (κ1) is 15.0. The Morgan fingerprint density at radius 2 is 1.85 bits per heavy atom. The second-order valence-corrected chi connectivity index (χ2v) is 6.24. The lowest BCUT2D eigenvalue weighted by Crippen LogP contribution is -2.32. The normalized spacial score (nSPS) is 23.3. The van der Waals surface area contributed by atoms with E-state index in [1.165, 1.54) is 0 Å². The summed E-state index contributed by atoms with van der Waals surface area (Å²) in [6, 6.07) is 7.73. The van der Waals surface area contributed by atoms with E-state index in [-0.39, 0.29) is 23.8 Å². The van der Waals surface area contributed by atoms with Gasteiger partial charge in [-0.3, -0.25) is 9.59 Å². The van der Waals surface area contributed by atoms with E-state index in [9.17, 15) is 9.59 Å². The number of carbonyl (C=O) groups is 2. The summed E-state index contributed by atoms with van der Waals surface area (Å²) in [5.74, 6) is -1.37. The molecule has 1 saturated carbocycles. The van der Waals surface area contributed by atoms with E-state index in [4.69, 9.17) is 5.11 Å². The van der Waals surface area contributed by atoms with Gasteiger partial charge >= 0.3 is 5.97 Å². The Balaban J connectivity index is 1.91. The van der Waals surface area contributed by atoms with Crippen molar-refractivity contribution in [1.29, 1.82) is 0 Å². The largest absolute Gasteiger partial charge is 0.481 e. The molecule has 5 heteroatoms. The molecular weight excluding hydrogens is 322 g/mol. The number of nitrogens with one attached hydrogen (secondary N) is 1. The predicted molar refractivity (Wildman–Crippen MR) is 79.2 cm³/mol. The monoisotopic (exact) mass is 339 g/mol. The first-order chi connectivity index (χ1) is 9.47. The molecule has 0 bridgehead atoms. The lowest BCUT2D eigenvalue weighted by atomic mass is 10.0. The summed E-state index contributed by atoms with van der Waals surface area (Å²) in [5.41, 5.74) is 1.04. The van der Waals surface area contributed by atoms with E-state index in [2.05, 4.69) is 21.2 Å². The van der Waals surface area contributed by atoms with Gasteiger partial charge in [0.15, 0.2) is 0 Å². The van der Waals surface area contributed by atoms with Crippen LogP contribution in [0.25, 0.3) is 0 Å². The highest BCUT2D eigenvalue weighted by molar-refractivity contribution is 9.10. The lowest BCUT2D eigenvalue weighted by Gasteiger charge is -2.17. The number of amides is 1. The standard InChI is InChI=1S/C15H18BrNO3/c1-9(10-4-6-13(16)7-5-10)17-14(18)11-2-3-12(8-11)15(19)20/h4-7,9,11-12H,2-3,8H2,1H3,(H,17,18)(H,19,20)/t9-,11?,12?/m0/s1. The molecule has 20 heavy (non-hydrogen) atoms. The molecule has 3 atom stereocenters. The van der Waals surface area contributed by atoms with Crippen LogP contribution >= 0.6 is 15.9 Å². The highest BCUT2D eigenvalue weighted by Gasteiger charge is 2.34. The van der Waals surface area contributed by atoms with Crippen molar-refractivity contribution in [3.63, 3.8) is 0 Å². The molecule has 0 aliphatic heterocycles. The number of hydrogen-bond donors (Lipinski definition) is 2. The van der Waals surface area contributed by atoms with Crippen molar-refractivity contribution in [1.82, 2.24) is 5.32 Å². The fraction of sp³-hybridized carbons (Fsp3) is 0.467. The van der Waals surface area contributed by atoms with Crippen LogP contribution in [0.1, 0.15) is 37.8 Å². The Bertz CT molecular complexity index is 500. The van der Waals surface area contributed by atoms with Gasteiger partial charge in [0.2, 0.25) is 5.91 Å². The molecule has 108 valence electrons. The van der Waals surface area contributed by atoms with Crippen LogP contribution in [0, 0.1) is 11.8 Å². The van der Waals surface area contributed by atoms with Crippen LogP contribution in [0.4, 0.5) is 0 Å². The molecule has 1 aliphatic carbocycles. The number of halogens is 1. The molecular formula is C15H18BrNO3. The topological polar surface area (TPSA) is 66.4 Å². The minimum absolute atomic E-state index is 0.0378. The number of hydrogen-bond acceptors (Lipinski definition) is 2. The fourth-order valence-electron chi connectivity index (χ4n) is 2.61. The van der Waals surface area contributed by atoms with Crippen LogP contribution in [0.5, 0.6) is 0 Å². The van der Waals surface area contributed by atoms with Gasteiger partial charge in [0.25, 0.3) is 0 Å². The van der Waals surface area contributed by atoms with Crippen molar-refractivity contribution in [2.75, 3.05) is 0 Å². The molecule has 0 radical (unpaired) electrons. The van der Waals surface area contributed by atoms with Gasteiger partial charge in [0.05, 0.1) is 12.0 Å². The molecule has 1 aromatic carbocycles. The quantitative estimate of drug-likeness (QED) is 0.885. The minimum atomic E-state index is -0.791. The SMILES string of the molecule is C[C@H](NC(=O)C1CCC(C(=O)O)C1)c1ccc(Br)cc1. The third kappa shape index (κ3) is 3.60. The molecule has 0 aromatic heterocycles. The summed E-state index contributed by atoms with van der Waals surface area (Å²) < 4.78 is 1.000. The molecule has 0 spiro atoms. The highest BCUT2D eigenvalue weighted by Crippen LogP contribution is 2.31. The number of carboxylic acids is 1. The van der Waals surface area contributed by atoms with Crippen molar-refractivity contribution >= 4 is 27.8 Å². The van der Waals surface area contributed by atoms with Crippen LogP contribution in [0.2, 0.25) is 0 Å². The zero-order chi connectivity index (χ0) is 14.7. The van der Waals surface area contributed by atoms with Crippen LogP contribution in [-0.4, -0.2) is 17.0 Å². The Hall–Kier alpha value is -1.36. The van der Waals surface area contributed by atoms with E-state index in [1.54, 1.807) is 0 Å². The maximum Gasteiger partial charge on any atom is 0.306 e. The Morgan fingerprint density at radius 1 is 1.25 bits per heavy atom. The fourth-order valence-corrected chi connectivity index (χ4v) is 2.87. The smallest absolute Gasteiger partial charge is 0.306 e. The van der Waals surface area contributed by atoms with Crippen LogP contribution in [0.15, 0.2) is 28.7 Å². The number of carboxylic acid groups (broad SMARTS) is 1. The Labute approximate surface area is 126 Å². The summed E-state index contributed by atoms with van der Waals surface area (Å²) in [6.45, 7) is 1.94. The molecule has 1 amide bonds. The summed E-state index contributed by atoms with van der Waals surface area (Å²) >= 11 is 3.38. The summed E-state index contributed by atoms with van der Waals surface area (Å²) in [4.78, 5) is 23.1. The van der Waals surface area contributed by atoms with Gasteiger partial charge < -0.3 is 10.4 Å². The van der Waals surface area contributed by atoms with Crippen molar-refractivity contribution in [3.05, 3.63) is 34.3 Å². The molecule has 4 nitrogen and oxygen atoms in total. The second-order valence-electron chi connectivity index (χ2n) is 5.33. The van der Waals surface area contributed by atoms with Crippen molar-refractivity contribution in [2.24, 2.45) is 11.8 Å². The number of carbonyl (C=O) groups excluding carboxylic acids is 1. The maximum absolute atomic E-state index is 12.2. The molecule has 0 heterocycles. The van der Waals surface area contributed by atoms with E-state index in [0.717, 1.165) is 10.0 Å². The molecule has 1 fully saturated rings. The first-order valence-electron chi connectivity index (χ1n) is 6.76. The van der Waals surface area contributed by atoms with Gasteiger partial charge in [-0.15, -0.1) is 0 Å². The van der Waals surface area contributed by atoms with Gasteiger partial charge in [-0.05, 0) is 43.9 Å². The first-order valence-corrected chi connectivity index (χ1v) is 7.55. The van der Waals surface area contributed by atoms with Gasteiger partial charge in [-0.1, -0.05) is 28.1 Å². The second kappa shape index (κ2) is 6.39. The zero-order valence-electron chi connectivity index (χ0n) is 11.3. The lowest BCUT2D eigenvalue weighted by molar-refractivity contribution is -0.141. The summed E-state index contributed by atoms with van der Waals surface area (Å²) in [5, 5.41) is 11.9. The van der Waals surface area contributed by atoms with E-state index >= 15 is 0 Å². The van der Waals surface area contributed by atoms with Gasteiger partial charge in [-0.25, -0.2) is 0 Å². The van der Waals surface area contributed by atoms with Crippen LogP contribution < -0.4 is 5.32 Å². The number of rotatable bonds is 4. The molecule has 2 rings (SSSR count). The average Bonchev–Trinajstić information content (AvgIpc) is 2.89. The molecule has 1 aliphatic rings. The molecule has 1 aromatic rings. The molecule has 2 unspecified atom stereocenters. The van der Waals surface area contributed by atoms with Crippen molar-refractivity contribution in [3.8, 4) is 0 Å². The Kier molecular flexibility index (Phi) is 4.81. The van der Waals surface area contributed by atoms with Crippen molar-refractivity contribution < 1.29 is 14.7 Å². The maximum atomic E-state index is 12.2. The third-order valence-corrected chi connectivity index (χ3v) is 4.41. The molecule has 2 N–H and O–H groups in total. The van der Waals surface area contributed by atoms with E-state index in [0.29, 0.717) is 19.3 Å². The minimum Gasteiger partial charge on any atom is -0.481 e. The van der Waals surface area contributed by atoms with Crippen LogP contribution in [-0.2, 0) is 9.59 Å². The molecule has 0 saturated heterocycles. The third-order valence-electron chi connectivity index (χ3n) is 3.88. The van der Waals surface area contributed by atoms with Gasteiger partial charge in [0, 0.05) is 10.4 Å². The summed E-state index contributed by atoms with van der Waals surface area (Å²) in [6.07, 6.45) is 1.71. The van der Waals surface area contributed by atoms with Gasteiger partial charge in [0.1, 0.15) is 0 Å². The van der Waals surface area contributed by atoms with E-state index in [1.807, 2.05) is 31.2 Å². The highest BCUT2D eigenvalue weighted by atomic mass is 79.9. The van der Waals surface area contributed by atoms with Crippen molar-refractivity contribution in [2.45, 2.75) is 32.2 Å². The summed E-state index contributed by atoms with van der Waals surface area (Å²) in [7, 11) is 0. The Morgan fingerprint density at radius 3 is 2.40 bits per heavy atom. The number of benzene rings is 1. The number of aliphatic carboxylic acids is 1. The predicted octanol–water partition coefficient (Wildman–Crippen LogP) is 3.13. The average molecular weight is 340 g/mol. The van der Waals surface area contributed by atoms with Gasteiger partial charge in [-0.2, -0.15) is 0 Å².